The predicted molar refractivity (Wildman–Crippen MR) is 114 cm³/mol. The number of carbonyl (C=O) groups is 1. The minimum absolute atomic E-state index is 0.195. The summed E-state index contributed by atoms with van der Waals surface area (Å²) in [6, 6.07) is 13.9. The van der Waals surface area contributed by atoms with Gasteiger partial charge in [0.15, 0.2) is 0 Å². The summed E-state index contributed by atoms with van der Waals surface area (Å²) in [6.45, 7) is 1.48. The van der Waals surface area contributed by atoms with E-state index in [-0.39, 0.29) is 18.0 Å². The Labute approximate surface area is 181 Å². The zero-order valence-corrected chi connectivity index (χ0v) is 17.1. The molecule has 0 aliphatic rings. The van der Waals surface area contributed by atoms with Crippen LogP contribution >= 0.6 is 11.6 Å². The summed E-state index contributed by atoms with van der Waals surface area (Å²) in [5.41, 5.74) is 1.86. The molecule has 31 heavy (non-hydrogen) atoms. The number of anilines is 1. The molecule has 0 aliphatic heterocycles. The molecule has 9 heteroatoms. The lowest BCUT2D eigenvalue weighted by atomic mass is 10.2. The highest BCUT2D eigenvalue weighted by molar-refractivity contribution is 6.30. The molecule has 0 aliphatic carbocycles. The normalized spacial score (nSPS) is 10.8. The number of carbonyl (C=O) groups excluding carboxylic acids is 1. The van der Waals surface area contributed by atoms with Gasteiger partial charge in [-0.2, -0.15) is 4.98 Å². The molecule has 0 fully saturated rings. The van der Waals surface area contributed by atoms with Crippen LogP contribution in [-0.2, 0) is 11.3 Å². The zero-order chi connectivity index (χ0) is 22.0. The molecule has 2 heterocycles. The molecule has 4 aromatic rings. The topological polar surface area (TPSA) is 90.0 Å². The average Bonchev–Trinajstić information content (AvgIpc) is 3.23. The summed E-state index contributed by atoms with van der Waals surface area (Å²) in [7, 11) is 0. The van der Waals surface area contributed by atoms with Crippen LogP contribution in [0.5, 0.6) is 0 Å². The molecule has 0 bridgehead atoms. The Hall–Kier alpha value is -3.78. The number of benzene rings is 2. The maximum Gasteiger partial charge on any atom is 0.259 e. The predicted octanol–water partition coefficient (Wildman–Crippen LogP) is 4.30. The van der Waals surface area contributed by atoms with Gasteiger partial charge in [0.1, 0.15) is 12.4 Å². The van der Waals surface area contributed by atoms with Crippen LogP contribution in [0.2, 0.25) is 5.02 Å². The van der Waals surface area contributed by atoms with Crippen molar-refractivity contribution in [2.75, 3.05) is 5.32 Å². The summed E-state index contributed by atoms with van der Waals surface area (Å²) >= 11 is 5.89. The van der Waals surface area contributed by atoms with Crippen molar-refractivity contribution >= 4 is 23.2 Å². The molecule has 2 aromatic heterocycles. The fourth-order valence-electron chi connectivity index (χ4n) is 2.91. The SMILES string of the molecule is Cc1ccc(F)cc1NC(=O)Cn1cc(-c2nc(-c3ccc(Cl)cc3)no2)ccc1=O. The number of halogens is 2. The summed E-state index contributed by atoms with van der Waals surface area (Å²) in [5.74, 6) is -0.378. The lowest BCUT2D eigenvalue weighted by Gasteiger charge is -2.10. The van der Waals surface area contributed by atoms with Gasteiger partial charge in [0.05, 0.1) is 5.56 Å². The van der Waals surface area contributed by atoms with Crippen LogP contribution in [0.4, 0.5) is 10.1 Å². The van der Waals surface area contributed by atoms with Crippen molar-refractivity contribution in [3.8, 4) is 22.8 Å². The van der Waals surface area contributed by atoms with E-state index in [0.717, 1.165) is 5.56 Å². The summed E-state index contributed by atoms with van der Waals surface area (Å²) in [4.78, 5) is 29.0. The standard InChI is InChI=1S/C22H16ClFN4O3/c1-13-2-8-17(24)10-18(13)25-19(29)12-28-11-15(5-9-20(28)30)22-26-21(27-31-22)14-3-6-16(23)7-4-14/h2-11H,12H2,1H3,(H,25,29). The van der Waals surface area contributed by atoms with E-state index in [0.29, 0.717) is 27.7 Å². The molecule has 156 valence electrons. The van der Waals surface area contributed by atoms with Crippen LogP contribution in [-0.4, -0.2) is 20.6 Å². The molecule has 0 unspecified atom stereocenters. The third kappa shape index (κ3) is 4.70. The van der Waals surface area contributed by atoms with Crippen molar-refractivity contribution in [1.29, 1.82) is 0 Å². The van der Waals surface area contributed by atoms with E-state index >= 15 is 0 Å². The minimum Gasteiger partial charge on any atom is -0.334 e. The molecule has 0 atom stereocenters. The number of aromatic nitrogens is 3. The Morgan fingerprint density at radius 2 is 1.87 bits per heavy atom. The Kier molecular flexibility index (Phi) is 5.64. The maximum absolute atomic E-state index is 13.4. The van der Waals surface area contributed by atoms with Crippen molar-refractivity contribution < 1.29 is 13.7 Å². The molecular weight excluding hydrogens is 423 g/mol. The van der Waals surface area contributed by atoms with Crippen molar-refractivity contribution in [1.82, 2.24) is 14.7 Å². The first-order valence-corrected chi connectivity index (χ1v) is 9.63. The van der Waals surface area contributed by atoms with Crippen LogP contribution in [0.15, 0.2) is 70.1 Å². The van der Waals surface area contributed by atoms with Crippen LogP contribution in [0.25, 0.3) is 22.8 Å². The van der Waals surface area contributed by atoms with Crippen molar-refractivity contribution in [3.63, 3.8) is 0 Å². The Morgan fingerprint density at radius 3 is 2.65 bits per heavy atom. The maximum atomic E-state index is 13.4. The second-order valence-corrected chi connectivity index (χ2v) is 7.26. The van der Waals surface area contributed by atoms with E-state index in [2.05, 4.69) is 15.5 Å². The molecule has 1 N–H and O–H groups in total. The van der Waals surface area contributed by atoms with Gasteiger partial charge in [0, 0.05) is 28.5 Å². The first-order valence-electron chi connectivity index (χ1n) is 9.25. The van der Waals surface area contributed by atoms with Crippen LogP contribution in [0.1, 0.15) is 5.56 Å². The second kappa shape index (κ2) is 8.53. The van der Waals surface area contributed by atoms with Crippen molar-refractivity contribution in [3.05, 3.63) is 87.6 Å². The highest BCUT2D eigenvalue weighted by atomic mass is 35.5. The van der Waals surface area contributed by atoms with E-state index < -0.39 is 11.7 Å². The van der Waals surface area contributed by atoms with E-state index in [1.54, 1.807) is 37.3 Å². The molecule has 7 nitrogen and oxygen atoms in total. The monoisotopic (exact) mass is 438 g/mol. The molecule has 0 radical (unpaired) electrons. The fraction of sp³-hybridized carbons (Fsp3) is 0.0909. The van der Waals surface area contributed by atoms with E-state index in [1.165, 1.54) is 35.0 Å². The van der Waals surface area contributed by atoms with Gasteiger partial charge in [-0.3, -0.25) is 9.59 Å². The molecular formula is C22H16ClFN4O3. The number of pyridine rings is 1. The smallest absolute Gasteiger partial charge is 0.259 e. The number of nitrogens with one attached hydrogen (secondary N) is 1. The second-order valence-electron chi connectivity index (χ2n) is 6.82. The van der Waals surface area contributed by atoms with Gasteiger partial charge in [0.2, 0.25) is 11.7 Å². The summed E-state index contributed by atoms with van der Waals surface area (Å²) in [6.07, 6.45) is 1.46. The first-order chi connectivity index (χ1) is 14.9. The molecule has 1 amide bonds. The number of amides is 1. The van der Waals surface area contributed by atoms with E-state index in [1.807, 2.05) is 0 Å². The number of nitrogens with zero attached hydrogens (tertiary/aromatic N) is 3. The quantitative estimate of drug-likeness (QED) is 0.501. The van der Waals surface area contributed by atoms with Gasteiger partial charge in [-0.1, -0.05) is 22.8 Å². The molecule has 0 saturated heterocycles. The van der Waals surface area contributed by atoms with Crippen LogP contribution in [0, 0.1) is 12.7 Å². The molecule has 0 saturated carbocycles. The fourth-order valence-corrected chi connectivity index (χ4v) is 3.04. The lowest BCUT2D eigenvalue weighted by Crippen LogP contribution is -2.27. The number of hydrogen-bond acceptors (Lipinski definition) is 5. The van der Waals surface area contributed by atoms with Crippen molar-refractivity contribution in [2.45, 2.75) is 13.5 Å². The highest BCUT2D eigenvalue weighted by Gasteiger charge is 2.13. The van der Waals surface area contributed by atoms with Crippen LogP contribution in [0.3, 0.4) is 0 Å². The van der Waals surface area contributed by atoms with Gasteiger partial charge >= 0.3 is 0 Å². The minimum atomic E-state index is -0.472. The van der Waals surface area contributed by atoms with Gasteiger partial charge in [-0.15, -0.1) is 0 Å². The molecule has 0 spiro atoms. The lowest BCUT2D eigenvalue weighted by molar-refractivity contribution is -0.116. The van der Waals surface area contributed by atoms with Crippen molar-refractivity contribution in [2.24, 2.45) is 0 Å². The summed E-state index contributed by atoms with van der Waals surface area (Å²) < 4.78 is 20.0. The Balaban J connectivity index is 1.55. The average molecular weight is 439 g/mol. The Morgan fingerprint density at radius 1 is 1.13 bits per heavy atom. The van der Waals surface area contributed by atoms with Crippen LogP contribution < -0.4 is 10.9 Å². The number of aryl methyl sites for hydroxylation is 1. The zero-order valence-electron chi connectivity index (χ0n) is 16.3. The van der Waals surface area contributed by atoms with Gasteiger partial charge in [-0.05, 0) is 55.0 Å². The highest BCUT2D eigenvalue weighted by Crippen LogP contribution is 2.23. The van der Waals surface area contributed by atoms with Gasteiger partial charge < -0.3 is 14.4 Å². The third-order valence-electron chi connectivity index (χ3n) is 4.55. The van der Waals surface area contributed by atoms with E-state index in [4.69, 9.17) is 16.1 Å². The van der Waals surface area contributed by atoms with Gasteiger partial charge in [-0.25, -0.2) is 4.39 Å². The largest absolute Gasteiger partial charge is 0.334 e. The number of hydrogen-bond donors (Lipinski definition) is 1. The summed E-state index contributed by atoms with van der Waals surface area (Å²) in [5, 5.41) is 7.15. The molecule has 4 rings (SSSR count). The van der Waals surface area contributed by atoms with E-state index in [9.17, 15) is 14.0 Å². The third-order valence-corrected chi connectivity index (χ3v) is 4.80. The number of rotatable bonds is 5. The van der Waals surface area contributed by atoms with Gasteiger partial charge in [0.25, 0.3) is 11.4 Å². The molecule has 2 aromatic carbocycles. The Bertz CT molecular complexity index is 1320. The first kappa shape index (κ1) is 20.5.